The second-order valence-electron chi connectivity index (χ2n) is 6.92. The van der Waals surface area contributed by atoms with Crippen LogP contribution in [0, 0.1) is 11.8 Å². The van der Waals surface area contributed by atoms with Gasteiger partial charge in [-0.2, -0.15) is 0 Å². The number of hydrogen-bond donors (Lipinski definition) is 0. The highest BCUT2D eigenvalue weighted by atomic mass is 35.5. The second-order valence-corrected chi connectivity index (χ2v) is 7.81. The topological polar surface area (TPSA) is 42.0 Å². The van der Waals surface area contributed by atoms with Crippen LogP contribution >= 0.6 is 23.2 Å². The van der Waals surface area contributed by atoms with Crippen LogP contribution in [-0.4, -0.2) is 47.5 Å². The Kier molecular flexibility index (Phi) is 8.66. The number of carbonyl (C=O) groups is 1. The summed E-state index contributed by atoms with van der Waals surface area (Å²) in [6.45, 7) is 2.75. The van der Waals surface area contributed by atoms with Crippen molar-refractivity contribution in [2.75, 3.05) is 26.4 Å². The monoisotopic (exact) mass is 458 g/mol. The summed E-state index contributed by atoms with van der Waals surface area (Å²) in [4.78, 5) is 16.1. The van der Waals surface area contributed by atoms with Crippen LogP contribution in [0.4, 0.5) is 0 Å². The molecule has 3 rings (SSSR count). The molecule has 1 heterocycles. The Morgan fingerprint density at radius 1 is 1.13 bits per heavy atom. The van der Waals surface area contributed by atoms with Gasteiger partial charge < -0.3 is 19.3 Å². The Morgan fingerprint density at radius 2 is 1.87 bits per heavy atom. The number of rotatable bonds is 10. The molecule has 0 saturated heterocycles. The lowest BCUT2D eigenvalue weighted by Gasteiger charge is -2.31. The summed E-state index contributed by atoms with van der Waals surface area (Å²) in [6, 6.07) is 16.7. The van der Waals surface area contributed by atoms with Gasteiger partial charge in [-0.1, -0.05) is 59.5 Å². The van der Waals surface area contributed by atoms with Crippen molar-refractivity contribution in [3.8, 4) is 17.6 Å². The molecule has 1 aliphatic heterocycles. The fourth-order valence-electron chi connectivity index (χ4n) is 3.06. The average molecular weight is 459 g/mol. The van der Waals surface area contributed by atoms with Crippen molar-refractivity contribution in [1.82, 2.24) is 9.80 Å². The van der Waals surface area contributed by atoms with Crippen molar-refractivity contribution in [2.24, 2.45) is 0 Å². The SMILES string of the molecule is CC#CCOC(c1ccc(Cl)cc1)C(Cl)N1C=CN(CC(=O)COc2ccccc2)C1. The third kappa shape index (κ3) is 6.93. The van der Waals surface area contributed by atoms with Crippen LogP contribution in [0.5, 0.6) is 5.75 Å². The molecule has 2 unspecified atom stereocenters. The lowest BCUT2D eigenvalue weighted by Crippen LogP contribution is -2.37. The maximum absolute atomic E-state index is 12.3. The van der Waals surface area contributed by atoms with E-state index in [4.69, 9.17) is 32.7 Å². The number of alkyl halides is 1. The molecule has 0 saturated carbocycles. The Bertz CT molecular complexity index is 939. The highest BCUT2D eigenvalue weighted by molar-refractivity contribution is 6.30. The summed E-state index contributed by atoms with van der Waals surface area (Å²) in [5.41, 5.74) is 0.415. The van der Waals surface area contributed by atoms with Crippen LogP contribution in [0.2, 0.25) is 5.02 Å². The Morgan fingerprint density at radius 3 is 2.58 bits per heavy atom. The van der Waals surface area contributed by atoms with Crippen LogP contribution < -0.4 is 4.74 Å². The normalized spacial score (nSPS) is 14.7. The second kappa shape index (κ2) is 11.7. The molecule has 0 amide bonds. The molecule has 5 nitrogen and oxygen atoms in total. The van der Waals surface area contributed by atoms with Crippen molar-refractivity contribution in [3.63, 3.8) is 0 Å². The van der Waals surface area contributed by atoms with Gasteiger partial charge in [-0.05, 0) is 36.8 Å². The molecular formula is C24H24Cl2N2O3. The van der Waals surface area contributed by atoms with Crippen LogP contribution in [-0.2, 0) is 9.53 Å². The van der Waals surface area contributed by atoms with Gasteiger partial charge in [0.2, 0.25) is 0 Å². The van der Waals surface area contributed by atoms with Crippen molar-refractivity contribution in [3.05, 3.63) is 77.6 Å². The van der Waals surface area contributed by atoms with Crippen molar-refractivity contribution in [2.45, 2.75) is 18.5 Å². The standard InChI is InChI=1S/C24H24Cl2N2O3/c1-2-3-15-30-23(19-9-11-20(25)12-10-19)24(26)28-14-13-27(18-28)16-21(29)17-31-22-7-5-4-6-8-22/h4-14,23-24H,15-18H2,1H3. The van der Waals surface area contributed by atoms with Crippen molar-refractivity contribution in [1.29, 1.82) is 0 Å². The van der Waals surface area contributed by atoms with Crippen LogP contribution in [0.3, 0.4) is 0 Å². The van der Waals surface area contributed by atoms with Gasteiger partial charge in [0.15, 0.2) is 5.78 Å². The maximum atomic E-state index is 12.3. The van der Waals surface area contributed by atoms with Crippen molar-refractivity contribution < 1.29 is 14.3 Å². The molecule has 0 aromatic heterocycles. The molecule has 0 aliphatic carbocycles. The molecule has 0 bridgehead atoms. The van der Waals surface area contributed by atoms with E-state index in [0.717, 1.165) is 5.56 Å². The van der Waals surface area contributed by atoms with Gasteiger partial charge in [0, 0.05) is 17.4 Å². The first-order chi connectivity index (χ1) is 15.1. The van der Waals surface area contributed by atoms with Crippen LogP contribution in [0.25, 0.3) is 0 Å². The van der Waals surface area contributed by atoms with E-state index in [2.05, 4.69) is 11.8 Å². The number of halogens is 2. The molecule has 7 heteroatoms. The quantitative estimate of drug-likeness (QED) is 0.293. The summed E-state index contributed by atoms with van der Waals surface area (Å²) >= 11 is 12.8. The first-order valence-corrected chi connectivity index (χ1v) is 10.7. The molecule has 0 N–H and O–H groups in total. The lowest BCUT2D eigenvalue weighted by molar-refractivity contribution is -0.121. The third-order valence-electron chi connectivity index (χ3n) is 4.61. The third-order valence-corrected chi connectivity index (χ3v) is 5.34. The van der Waals surface area contributed by atoms with E-state index in [1.54, 1.807) is 19.1 Å². The van der Waals surface area contributed by atoms with Gasteiger partial charge in [0.05, 0.1) is 13.2 Å². The molecule has 31 heavy (non-hydrogen) atoms. The molecule has 2 atom stereocenters. The minimum Gasteiger partial charge on any atom is -0.486 e. The van der Waals surface area contributed by atoms with Gasteiger partial charge in [-0.3, -0.25) is 4.79 Å². The molecule has 0 spiro atoms. The van der Waals surface area contributed by atoms with Gasteiger partial charge >= 0.3 is 0 Å². The van der Waals surface area contributed by atoms with E-state index in [9.17, 15) is 4.79 Å². The maximum Gasteiger partial charge on any atom is 0.189 e. The summed E-state index contributed by atoms with van der Waals surface area (Å²) < 4.78 is 11.5. The zero-order chi connectivity index (χ0) is 22.1. The van der Waals surface area contributed by atoms with E-state index in [1.807, 2.05) is 64.7 Å². The fraction of sp³-hybridized carbons (Fsp3) is 0.292. The van der Waals surface area contributed by atoms with Crippen LogP contribution in [0.1, 0.15) is 18.6 Å². The number of Topliss-reactive ketones (excluding diaryl/α,β-unsaturated/α-hetero) is 1. The van der Waals surface area contributed by atoms with Gasteiger partial charge in [0.1, 0.15) is 30.6 Å². The molecule has 162 valence electrons. The number of carbonyl (C=O) groups excluding carboxylic acids is 1. The van der Waals surface area contributed by atoms with E-state index in [1.165, 1.54) is 0 Å². The first-order valence-electron chi connectivity index (χ1n) is 9.85. The highest BCUT2D eigenvalue weighted by Crippen LogP contribution is 2.30. The fourth-order valence-corrected chi connectivity index (χ4v) is 3.53. The van der Waals surface area contributed by atoms with Gasteiger partial charge in [-0.15, -0.1) is 5.92 Å². The zero-order valence-corrected chi connectivity index (χ0v) is 18.7. The summed E-state index contributed by atoms with van der Waals surface area (Å²) in [5.74, 6) is 6.38. The van der Waals surface area contributed by atoms with Crippen LogP contribution in [0.15, 0.2) is 67.0 Å². The van der Waals surface area contributed by atoms with E-state index < -0.39 is 11.6 Å². The molecule has 2 aromatic carbocycles. The number of ketones is 1. The summed E-state index contributed by atoms with van der Waals surface area (Å²) in [7, 11) is 0. The minimum atomic E-state index is -0.489. The number of ether oxygens (including phenoxy) is 2. The van der Waals surface area contributed by atoms with Gasteiger partial charge in [0.25, 0.3) is 0 Å². The van der Waals surface area contributed by atoms with E-state index in [0.29, 0.717) is 17.4 Å². The van der Waals surface area contributed by atoms with E-state index >= 15 is 0 Å². The zero-order valence-electron chi connectivity index (χ0n) is 17.2. The predicted octanol–water partition coefficient (Wildman–Crippen LogP) is 4.68. The molecular weight excluding hydrogens is 435 g/mol. The Hall–Kier alpha value is -2.65. The Labute approximate surface area is 193 Å². The largest absolute Gasteiger partial charge is 0.486 e. The lowest BCUT2D eigenvalue weighted by atomic mass is 10.1. The molecule has 0 radical (unpaired) electrons. The Balaban J connectivity index is 1.55. The number of nitrogens with zero attached hydrogens (tertiary/aromatic N) is 2. The van der Waals surface area contributed by atoms with E-state index in [-0.39, 0.29) is 25.5 Å². The minimum absolute atomic E-state index is 0.0187. The number of hydrogen-bond acceptors (Lipinski definition) is 5. The highest BCUT2D eigenvalue weighted by Gasteiger charge is 2.29. The number of benzene rings is 2. The van der Waals surface area contributed by atoms with Gasteiger partial charge in [-0.25, -0.2) is 0 Å². The molecule has 2 aromatic rings. The molecule has 0 fully saturated rings. The summed E-state index contributed by atoms with van der Waals surface area (Å²) in [6.07, 6.45) is 3.29. The summed E-state index contributed by atoms with van der Waals surface area (Å²) in [5, 5.41) is 0.644. The van der Waals surface area contributed by atoms with Crippen molar-refractivity contribution >= 4 is 29.0 Å². The number of para-hydroxylation sites is 1. The predicted molar refractivity (Wildman–Crippen MR) is 123 cm³/mol. The first kappa shape index (κ1) is 23.0. The smallest absolute Gasteiger partial charge is 0.189 e. The average Bonchev–Trinajstić information content (AvgIpc) is 3.25. The molecule has 1 aliphatic rings.